The summed E-state index contributed by atoms with van der Waals surface area (Å²) in [5.74, 6) is -52.1. The van der Waals surface area contributed by atoms with Crippen molar-refractivity contribution in [3.8, 4) is 0 Å². The van der Waals surface area contributed by atoms with E-state index in [9.17, 15) is 87.6 Å². The maximum Gasteiger partial charge on any atom is 0.460 e. The third-order valence-electron chi connectivity index (χ3n) is 4.69. The molecule has 22 heteroatoms. The molecule has 2 aromatic rings. The molecule has 0 saturated heterocycles. The van der Waals surface area contributed by atoms with Crippen molar-refractivity contribution in [3.63, 3.8) is 0 Å². The van der Waals surface area contributed by atoms with Crippen LogP contribution in [0.3, 0.4) is 0 Å². The number of rotatable bonds is 9. The van der Waals surface area contributed by atoms with E-state index in [4.69, 9.17) is 0 Å². The van der Waals surface area contributed by atoms with E-state index in [-0.39, 0.29) is 21.2 Å². The van der Waals surface area contributed by atoms with Gasteiger partial charge in [-0.05, 0) is 24.3 Å². The van der Waals surface area contributed by atoms with Crippen LogP contribution in [-0.2, 0) is 10.1 Å². The highest BCUT2D eigenvalue weighted by atomic mass is 127. The Kier molecular flexibility index (Phi) is 10.6. The summed E-state index contributed by atoms with van der Waals surface area (Å²) in [7, 11) is -8.14. The van der Waals surface area contributed by atoms with Gasteiger partial charge in [-0.15, -0.1) is 0 Å². The lowest BCUT2D eigenvalue weighted by molar-refractivity contribution is -0.597. The Morgan fingerprint density at radius 3 is 0.976 bits per heavy atom. The van der Waals surface area contributed by atoms with Gasteiger partial charge < -0.3 is 4.55 Å². The lowest BCUT2D eigenvalue weighted by Gasteiger charge is -2.42. The number of halogens is 18. The van der Waals surface area contributed by atoms with E-state index in [1.807, 2.05) is 0 Å². The average Bonchev–Trinajstić information content (AvgIpc) is 2.83. The summed E-state index contributed by atoms with van der Waals surface area (Å²) >= 11 is 0.0287. The van der Waals surface area contributed by atoms with Crippen LogP contribution in [0.2, 0.25) is 0 Å². The van der Waals surface area contributed by atoms with Crippen molar-refractivity contribution in [1.29, 1.82) is 0 Å². The maximum atomic E-state index is 13.0. The first-order valence-electron chi connectivity index (χ1n) is 9.87. The summed E-state index contributed by atoms with van der Waals surface area (Å²) in [6.45, 7) is 0. The fourth-order valence-electron chi connectivity index (χ4n) is 2.39. The molecule has 2 aromatic carbocycles. The van der Waals surface area contributed by atoms with Crippen LogP contribution in [0.5, 0.6) is 0 Å². The first-order valence-corrected chi connectivity index (χ1v) is 13.4. The zero-order chi connectivity index (χ0) is 33.4. The highest BCUT2D eigenvalue weighted by Crippen LogP contribution is 2.64. The molecule has 0 aliphatic rings. The van der Waals surface area contributed by atoms with Crippen molar-refractivity contribution < 1.29 is 109 Å². The molecule has 0 amide bonds. The molecule has 0 aliphatic carbocycles. The van der Waals surface area contributed by atoms with E-state index >= 15 is 0 Å². The van der Waals surface area contributed by atoms with Crippen molar-refractivity contribution in [2.75, 3.05) is 0 Å². The van der Waals surface area contributed by atoms with Gasteiger partial charge in [0.15, 0.2) is 17.3 Å². The lowest BCUT2D eigenvalue weighted by atomic mass is 9.91. The Hall–Kier alpha value is -2.11. The van der Waals surface area contributed by atoms with Gasteiger partial charge in [-0.25, -0.2) is 8.42 Å². The summed E-state index contributed by atoms with van der Waals surface area (Å²) in [6, 6.07) is 21.4. The first-order chi connectivity index (χ1) is 18.4. The molecule has 0 N–H and O–H groups in total. The van der Waals surface area contributed by atoms with Gasteiger partial charge >= 0.3 is 68.2 Å². The molecule has 240 valence electrons. The minimum Gasteiger partial charge on any atom is -0.743 e. The molecule has 42 heavy (non-hydrogen) atoms. The number of hydrogen-bond acceptors (Lipinski definition) is 3. The van der Waals surface area contributed by atoms with Gasteiger partial charge in [-0.2, -0.15) is 74.6 Å². The molecule has 0 bridgehead atoms. The molecule has 0 unspecified atom stereocenters. The quantitative estimate of drug-likeness (QED) is 0.217. The van der Waals surface area contributed by atoms with Crippen molar-refractivity contribution in [2.24, 2.45) is 0 Å². The standard InChI is InChI=1S/C12H10I.C8HF17O3S/c1-3-7-11(8-4-1)13-12-9-5-2-6-10-12;9-1(10,3(13,14)5(17,18)7(21,22)23)2(11,12)4(15,16)6(19,20)8(24,25)29(26,27)28/h1-10H;(H,26,27,28)/q+1;/p-1. The van der Waals surface area contributed by atoms with Crippen LogP contribution >= 0.6 is 0 Å². The maximum absolute atomic E-state index is 13.0. The minimum absolute atomic E-state index is 0.0287. The largest absolute Gasteiger partial charge is 0.743 e. The number of hydrogen-bond donors (Lipinski definition) is 0. The van der Waals surface area contributed by atoms with Crippen LogP contribution in [0.15, 0.2) is 60.7 Å². The summed E-state index contributed by atoms with van der Waals surface area (Å²) in [5, 5.41) is -7.95. The molecular formula is C20H10F17IO3S. The monoisotopic (exact) mass is 780 g/mol. The Balaban J connectivity index is 0.000000554. The van der Waals surface area contributed by atoms with Gasteiger partial charge in [0.05, 0.1) is 0 Å². The summed E-state index contributed by atoms with van der Waals surface area (Å²) in [4.78, 5) is 0. The molecular weight excluding hydrogens is 770 g/mol. The predicted molar refractivity (Wildman–Crippen MR) is 101 cm³/mol. The second-order valence-electron chi connectivity index (χ2n) is 7.60. The average molecular weight is 780 g/mol. The molecule has 0 aromatic heterocycles. The highest BCUT2D eigenvalue weighted by Gasteiger charge is 2.95. The van der Waals surface area contributed by atoms with Crippen LogP contribution in [-0.4, -0.2) is 59.9 Å². The lowest BCUT2D eigenvalue weighted by Crippen LogP contribution is -3.61. The van der Waals surface area contributed by atoms with Gasteiger partial charge in [0.2, 0.25) is 0 Å². The SMILES string of the molecule is O=S(=O)([O-])C(F)(F)C(F)(F)C(F)(F)C(F)(F)C(F)(F)C(F)(F)C(F)(F)C(F)(F)F.c1ccc([I+]c2ccccc2)cc1. The topological polar surface area (TPSA) is 57.2 Å². The third kappa shape index (κ3) is 6.38. The van der Waals surface area contributed by atoms with Crippen LogP contribution < -0.4 is 21.2 Å². The normalized spacial score (nSPS) is 14.7. The van der Waals surface area contributed by atoms with Gasteiger partial charge in [0, 0.05) is 0 Å². The molecule has 0 fully saturated rings. The molecule has 0 atom stereocenters. The molecule has 0 aliphatic heterocycles. The van der Waals surface area contributed by atoms with Crippen molar-refractivity contribution in [3.05, 3.63) is 67.8 Å². The minimum atomic E-state index is -8.92. The van der Waals surface area contributed by atoms with Gasteiger partial charge in [0.1, 0.15) is 0 Å². The third-order valence-corrected chi connectivity index (χ3v) is 8.26. The van der Waals surface area contributed by atoms with Crippen LogP contribution in [0.25, 0.3) is 0 Å². The van der Waals surface area contributed by atoms with Crippen LogP contribution in [0, 0.1) is 7.14 Å². The van der Waals surface area contributed by atoms with Gasteiger partial charge in [0.25, 0.3) is 0 Å². The Morgan fingerprint density at radius 1 is 0.452 bits per heavy atom. The molecule has 0 saturated carbocycles. The van der Waals surface area contributed by atoms with Crippen LogP contribution in [0.1, 0.15) is 0 Å². The zero-order valence-corrected chi connectivity index (χ0v) is 22.2. The van der Waals surface area contributed by atoms with E-state index in [1.165, 1.54) is 7.14 Å². The van der Waals surface area contributed by atoms with E-state index in [0.29, 0.717) is 0 Å². The molecule has 3 nitrogen and oxygen atoms in total. The zero-order valence-electron chi connectivity index (χ0n) is 19.2. The van der Waals surface area contributed by atoms with Crippen molar-refractivity contribution in [2.45, 2.75) is 47.0 Å². The van der Waals surface area contributed by atoms with Crippen LogP contribution in [0.4, 0.5) is 74.6 Å². The Labute approximate surface area is 233 Å². The molecule has 2 rings (SSSR count). The second-order valence-corrected chi connectivity index (χ2v) is 12.1. The molecule has 0 spiro atoms. The highest BCUT2D eigenvalue weighted by molar-refractivity contribution is 7.86. The van der Waals surface area contributed by atoms with E-state index in [2.05, 4.69) is 60.7 Å². The van der Waals surface area contributed by atoms with E-state index in [1.54, 1.807) is 0 Å². The summed E-state index contributed by atoms with van der Waals surface area (Å²) < 4.78 is 247. The smallest absolute Gasteiger partial charge is 0.460 e. The molecule has 0 heterocycles. The van der Waals surface area contributed by atoms with E-state index in [0.717, 1.165) is 0 Å². The second kappa shape index (κ2) is 11.8. The fraction of sp³-hybridized carbons (Fsp3) is 0.400. The van der Waals surface area contributed by atoms with Gasteiger partial charge in [-0.3, -0.25) is 0 Å². The molecule has 0 radical (unpaired) electrons. The summed E-state index contributed by atoms with van der Waals surface area (Å²) in [6.07, 6.45) is -7.89. The van der Waals surface area contributed by atoms with Crippen molar-refractivity contribution >= 4 is 10.1 Å². The Bertz CT molecular complexity index is 1260. The van der Waals surface area contributed by atoms with Crippen molar-refractivity contribution in [1.82, 2.24) is 0 Å². The Morgan fingerprint density at radius 2 is 0.714 bits per heavy atom. The van der Waals surface area contributed by atoms with E-state index < -0.39 is 57.1 Å². The first kappa shape index (κ1) is 37.9. The summed E-state index contributed by atoms with van der Waals surface area (Å²) in [5.41, 5.74) is 0. The fourth-order valence-corrected chi connectivity index (χ4v) is 5.10. The number of benzene rings is 2. The van der Waals surface area contributed by atoms with Gasteiger partial charge in [-0.1, -0.05) is 36.4 Å². The predicted octanol–water partition coefficient (Wildman–Crippen LogP) is 4.31. The number of alkyl halides is 17.